The van der Waals surface area contributed by atoms with Gasteiger partial charge in [-0.05, 0) is 27.2 Å². The first-order valence-electron chi connectivity index (χ1n) is 5.61. The van der Waals surface area contributed by atoms with Gasteiger partial charge in [-0.15, -0.1) is 0 Å². The molecule has 0 saturated carbocycles. The first-order valence-corrected chi connectivity index (χ1v) is 5.61. The van der Waals surface area contributed by atoms with Gasteiger partial charge in [-0.3, -0.25) is 0 Å². The molecule has 0 aliphatic carbocycles. The molecule has 0 bridgehead atoms. The maximum Gasteiger partial charge on any atom is 0.315 e. The van der Waals surface area contributed by atoms with Crippen LogP contribution in [-0.2, 0) is 6.42 Å². The van der Waals surface area contributed by atoms with Crippen molar-refractivity contribution in [3.8, 4) is 0 Å². The number of rotatable bonds is 5. The predicted octanol–water partition coefficient (Wildman–Crippen LogP) is 0.514. The average molecular weight is 241 g/mol. The summed E-state index contributed by atoms with van der Waals surface area (Å²) in [4.78, 5) is 11.3. The number of aliphatic hydroxyl groups excluding tert-OH is 1. The molecule has 0 fully saturated rings. The van der Waals surface area contributed by atoms with Crippen LogP contribution in [0.2, 0.25) is 0 Å². The molecule has 0 saturated heterocycles. The molecule has 96 valence electrons. The van der Waals surface area contributed by atoms with E-state index in [1.54, 1.807) is 6.92 Å². The maximum atomic E-state index is 11.3. The quantitative estimate of drug-likeness (QED) is 0.701. The Labute approximate surface area is 100 Å². The van der Waals surface area contributed by atoms with Crippen molar-refractivity contribution in [2.75, 3.05) is 13.2 Å². The fourth-order valence-corrected chi connectivity index (χ4v) is 1.48. The van der Waals surface area contributed by atoms with Crippen LogP contribution >= 0.6 is 0 Å². The van der Waals surface area contributed by atoms with Crippen LogP contribution in [0, 0.1) is 13.8 Å². The van der Waals surface area contributed by atoms with Crippen LogP contribution in [0.1, 0.15) is 23.9 Å². The van der Waals surface area contributed by atoms with E-state index in [1.807, 2.05) is 13.8 Å². The minimum Gasteiger partial charge on any atom is -0.394 e. The van der Waals surface area contributed by atoms with E-state index in [4.69, 9.17) is 9.63 Å². The normalized spacial score (nSPS) is 12.2. The van der Waals surface area contributed by atoms with Gasteiger partial charge >= 0.3 is 6.03 Å². The van der Waals surface area contributed by atoms with Gasteiger partial charge in [0.25, 0.3) is 0 Å². The van der Waals surface area contributed by atoms with E-state index in [0.717, 1.165) is 17.0 Å². The molecule has 1 aromatic heterocycles. The number of nitrogens with one attached hydrogen (secondary N) is 2. The minimum absolute atomic E-state index is 0.0721. The molecule has 1 heterocycles. The zero-order valence-electron chi connectivity index (χ0n) is 10.4. The van der Waals surface area contributed by atoms with Crippen molar-refractivity contribution >= 4 is 6.03 Å². The van der Waals surface area contributed by atoms with Crippen LogP contribution in [0.3, 0.4) is 0 Å². The Morgan fingerprint density at radius 1 is 1.53 bits per heavy atom. The van der Waals surface area contributed by atoms with Gasteiger partial charge in [0.05, 0.1) is 18.3 Å². The first kappa shape index (κ1) is 13.5. The van der Waals surface area contributed by atoms with Gasteiger partial charge in [0.1, 0.15) is 5.76 Å². The second kappa shape index (κ2) is 6.24. The minimum atomic E-state index is -0.279. The van der Waals surface area contributed by atoms with Crippen molar-refractivity contribution < 1.29 is 14.4 Å². The predicted molar refractivity (Wildman–Crippen MR) is 62.8 cm³/mol. The molecule has 1 atom stereocenters. The molecule has 1 rings (SSSR count). The molecule has 0 aromatic carbocycles. The number of amides is 2. The number of hydrogen-bond acceptors (Lipinski definition) is 4. The fourth-order valence-electron chi connectivity index (χ4n) is 1.48. The number of nitrogens with zero attached hydrogens (tertiary/aromatic N) is 1. The lowest BCUT2D eigenvalue weighted by Crippen LogP contribution is -2.42. The van der Waals surface area contributed by atoms with Crippen LogP contribution < -0.4 is 10.6 Å². The molecule has 0 aliphatic heterocycles. The van der Waals surface area contributed by atoms with Gasteiger partial charge in [-0.25, -0.2) is 4.79 Å². The smallest absolute Gasteiger partial charge is 0.315 e. The van der Waals surface area contributed by atoms with Gasteiger partial charge in [0.15, 0.2) is 0 Å². The number of aliphatic hydroxyl groups is 1. The lowest BCUT2D eigenvalue weighted by atomic mass is 10.1. The molecular weight excluding hydrogens is 222 g/mol. The molecule has 0 radical (unpaired) electrons. The fraction of sp³-hybridized carbons (Fsp3) is 0.636. The number of aromatic nitrogens is 1. The molecule has 17 heavy (non-hydrogen) atoms. The Balaban J connectivity index is 2.31. The topological polar surface area (TPSA) is 87.4 Å². The van der Waals surface area contributed by atoms with E-state index < -0.39 is 0 Å². The highest BCUT2D eigenvalue weighted by Crippen LogP contribution is 2.11. The Kier molecular flexibility index (Phi) is 4.96. The van der Waals surface area contributed by atoms with Gasteiger partial charge in [0.2, 0.25) is 0 Å². The monoisotopic (exact) mass is 241 g/mol. The molecule has 0 aliphatic rings. The van der Waals surface area contributed by atoms with Gasteiger partial charge < -0.3 is 20.3 Å². The summed E-state index contributed by atoms with van der Waals surface area (Å²) in [7, 11) is 0. The molecule has 0 spiro atoms. The largest absolute Gasteiger partial charge is 0.394 e. The molecular formula is C11H19N3O3. The SMILES string of the molecule is Cc1noc(C)c1CCNC(=O)NC(C)CO. The van der Waals surface area contributed by atoms with Gasteiger partial charge in [0, 0.05) is 12.1 Å². The third-order valence-electron chi connectivity index (χ3n) is 2.49. The number of carbonyl (C=O) groups excluding carboxylic acids is 1. The van der Waals surface area contributed by atoms with Crippen LogP contribution in [0.15, 0.2) is 4.52 Å². The molecule has 1 unspecified atom stereocenters. The number of carbonyl (C=O) groups is 1. The average Bonchev–Trinajstić information content (AvgIpc) is 2.60. The lowest BCUT2D eigenvalue weighted by molar-refractivity contribution is 0.220. The van der Waals surface area contributed by atoms with E-state index in [1.165, 1.54) is 0 Å². The standard InChI is InChI=1S/C11H19N3O3/c1-7(6-15)13-11(16)12-5-4-10-8(2)14-17-9(10)3/h7,15H,4-6H2,1-3H3,(H2,12,13,16). The molecule has 3 N–H and O–H groups in total. The van der Waals surface area contributed by atoms with Crippen molar-refractivity contribution in [1.29, 1.82) is 0 Å². The maximum absolute atomic E-state index is 11.3. The van der Waals surface area contributed by atoms with E-state index >= 15 is 0 Å². The van der Waals surface area contributed by atoms with Gasteiger partial charge in [-0.1, -0.05) is 5.16 Å². The summed E-state index contributed by atoms with van der Waals surface area (Å²) in [6.45, 7) is 5.89. The van der Waals surface area contributed by atoms with Crippen LogP contribution in [-0.4, -0.2) is 35.5 Å². The summed E-state index contributed by atoms with van der Waals surface area (Å²) < 4.78 is 5.02. The first-order chi connectivity index (χ1) is 8.04. The van der Waals surface area contributed by atoms with E-state index in [2.05, 4.69) is 15.8 Å². The second-order valence-electron chi connectivity index (χ2n) is 4.04. The van der Waals surface area contributed by atoms with Crippen molar-refractivity contribution in [2.45, 2.75) is 33.2 Å². The Bertz CT molecular complexity index is 357. The Hall–Kier alpha value is -1.56. The number of hydrogen-bond donors (Lipinski definition) is 3. The summed E-state index contributed by atoms with van der Waals surface area (Å²) in [5, 5.41) is 17.9. The number of urea groups is 1. The zero-order valence-corrected chi connectivity index (χ0v) is 10.4. The highest BCUT2D eigenvalue weighted by molar-refractivity contribution is 5.74. The van der Waals surface area contributed by atoms with Crippen LogP contribution in [0.5, 0.6) is 0 Å². The summed E-state index contributed by atoms with van der Waals surface area (Å²) in [5.41, 5.74) is 1.88. The highest BCUT2D eigenvalue weighted by atomic mass is 16.5. The Morgan fingerprint density at radius 3 is 2.76 bits per heavy atom. The van der Waals surface area contributed by atoms with E-state index in [0.29, 0.717) is 13.0 Å². The third kappa shape index (κ3) is 4.07. The molecule has 2 amide bonds. The molecule has 1 aromatic rings. The Morgan fingerprint density at radius 2 is 2.24 bits per heavy atom. The van der Waals surface area contributed by atoms with Gasteiger partial charge in [-0.2, -0.15) is 0 Å². The van der Waals surface area contributed by atoms with Crippen molar-refractivity contribution in [3.63, 3.8) is 0 Å². The molecule has 6 nitrogen and oxygen atoms in total. The summed E-state index contributed by atoms with van der Waals surface area (Å²) in [5.74, 6) is 0.786. The van der Waals surface area contributed by atoms with E-state index in [-0.39, 0.29) is 18.7 Å². The summed E-state index contributed by atoms with van der Waals surface area (Å²) >= 11 is 0. The zero-order chi connectivity index (χ0) is 12.8. The lowest BCUT2D eigenvalue weighted by Gasteiger charge is -2.11. The molecule has 6 heteroatoms. The van der Waals surface area contributed by atoms with Crippen LogP contribution in [0.4, 0.5) is 4.79 Å². The number of aryl methyl sites for hydroxylation is 2. The summed E-state index contributed by atoms with van der Waals surface area (Å²) in [6.07, 6.45) is 0.683. The van der Waals surface area contributed by atoms with Crippen molar-refractivity contribution in [1.82, 2.24) is 15.8 Å². The second-order valence-corrected chi connectivity index (χ2v) is 4.04. The summed E-state index contributed by atoms with van der Waals surface area (Å²) in [6, 6.07) is -0.521. The highest BCUT2D eigenvalue weighted by Gasteiger charge is 2.09. The third-order valence-corrected chi connectivity index (χ3v) is 2.49. The van der Waals surface area contributed by atoms with Crippen LogP contribution in [0.25, 0.3) is 0 Å². The van der Waals surface area contributed by atoms with E-state index in [9.17, 15) is 4.79 Å². The van der Waals surface area contributed by atoms with Crippen molar-refractivity contribution in [3.05, 3.63) is 17.0 Å². The van der Waals surface area contributed by atoms with Crippen molar-refractivity contribution in [2.24, 2.45) is 0 Å².